The number of halogens is 3. The van der Waals surface area contributed by atoms with E-state index in [0.29, 0.717) is 6.54 Å². The van der Waals surface area contributed by atoms with E-state index in [-0.39, 0.29) is 11.5 Å². The second-order valence-corrected chi connectivity index (χ2v) is 7.33. The Morgan fingerprint density at radius 1 is 1.12 bits per heavy atom. The number of pyridine rings is 1. The molecule has 0 radical (unpaired) electrons. The summed E-state index contributed by atoms with van der Waals surface area (Å²) in [7, 11) is 0. The highest BCUT2D eigenvalue weighted by atomic mass is 19.4. The zero-order chi connectivity index (χ0) is 23.6. The molecule has 1 N–H and O–H groups in total. The third-order valence-electron chi connectivity index (χ3n) is 5.23. The fraction of sp³-hybridized carbons (Fsp3) is 0.130. The first-order valence-electron chi connectivity index (χ1n) is 9.87. The maximum atomic E-state index is 12.7. The molecule has 4 aromatic rings. The molecule has 10 heteroatoms. The monoisotopic (exact) mass is 453 g/mol. The molecule has 0 aliphatic heterocycles. The van der Waals surface area contributed by atoms with Crippen molar-refractivity contribution < 1.29 is 18.1 Å². The molecule has 0 bridgehead atoms. The molecule has 2 heterocycles. The number of hydrogen-bond donors (Lipinski definition) is 1. The van der Waals surface area contributed by atoms with E-state index in [1.165, 1.54) is 18.2 Å². The van der Waals surface area contributed by atoms with E-state index in [2.05, 4.69) is 20.1 Å². The molecule has 168 valence electrons. The van der Waals surface area contributed by atoms with Crippen molar-refractivity contribution in [3.63, 3.8) is 0 Å². The third-order valence-corrected chi connectivity index (χ3v) is 5.23. The Morgan fingerprint density at radius 2 is 1.85 bits per heavy atom. The van der Waals surface area contributed by atoms with Crippen molar-refractivity contribution in [2.45, 2.75) is 19.6 Å². The fourth-order valence-electron chi connectivity index (χ4n) is 3.52. The maximum Gasteiger partial charge on any atom is 0.417 e. The van der Waals surface area contributed by atoms with Gasteiger partial charge in [-0.1, -0.05) is 30.3 Å². The van der Waals surface area contributed by atoms with Crippen LogP contribution in [0.1, 0.15) is 22.4 Å². The largest absolute Gasteiger partial charge is 0.417 e. The van der Waals surface area contributed by atoms with E-state index >= 15 is 0 Å². The smallest absolute Gasteiger partial charge is 0.340 e. The Bertz CT molecular complexity index is 1330. The number of anilines is 1. The van der Waals surface area contributed by atoms with Gasteiger partial charge in [0.15, 0.2) is 0 Å². The number of non-ortho nitro benzene ring substituents is 1. The maximum absolute atomic E-state index is 12.7. The average Bonchev–Trinajstić information content (AvgIpc) is 3.05. The quantitative estimate of drug-likeness (QED) is 0.228. The lowest BCUT2D eigenvalue weighted by Gasteiger charge is -2.08. The summed E-state index contributed by atoms with van der Waals surface area (Å²) in [6.45, 7) is 2.44. The summed E-state index contributed by atoms with van der Waals surface area (Å²) in [6.07, 6.45) is -2.10. The van der Waals surface area contributed by atoms with E-state index in [4.69, 9.17) is 0 Å². The SMILES string of the molecule is Cc1c(/C=N\Nc2ccc(C(F)(F)F)cn2)c2ccccc2n1Cc1ccc([N+](=O)[O-])cc1. The highest BCUT2D eigenvalue weighted by Crippen LogP contribution is 2.29. The molecule has 0 fully saturated rings. The molecule has 4 rings (SSSR count). The van der Waals surface area contributed by atoms with Crippen LogP contribution in [0.4, 0.5) is 24.7 Å². The van der Waals surface area contributed by atoms with Gasteiger partial charge in [-0.15, -0.1) is 0 Å². The summed E-state index contributed by atoms with van der Waals surface area (Å²) >= 11 is 0. The number of aromatic nitrogens is 2. The number of hydrazone groups is 1. The van der Waals surface area contributed by atoms with Gasteiger partial charge in [-0.3, -0.25) is 15.5 Å². The molecule has 0 unspecified atom stereocenters. The molecule has 0 atom stereocenters. The fourth-order valence-corrected chi connectivity index (χ4v) is 3.52. The van der Waals surface area contributed by atoms with Crippen LogP contribution in [0.25, 0.3) is 10.9 Å². The summed E-state index contributed by atoms with van der Waals surface area (Å²) in [5.74, 6) is 0.187. The first kappa shape index (κ1) is 22.0. The van der Waals surface area contributed by atoms with Crippen molar-refractivity contribution in [3.8, 4) is 0 Å². The van der Waals surface area contributed by atoms with Gasteiger partial charge in [0.2, 0.25) is 0 Å². The molecule has 0 aliphatic carbocycles. The van der Waals surface area contributed by atoms with Crippen molar-refractivity contribution in [3.05, 3.63) is 99.4 Å². The van der Waals surface area contributed by atoms with E-state index in [9.17, 15) is 23.3 Å². The molecule has 0 aliphatic rings. The van der Waals surface area contributed by atoms with Crippen LogP contribution in [0, 0.1) is 17.0 Å². The Kier molecular flexibility index (Phi) is 5.82. The number of para-hydroxylation sites is 1. The topological polar surface area (TPSA) is 85.3 Å². The van der Waals surface area contributed by atoms with Gasteiger partial charge in [0.05, 0.1) is 16.7 Å². The van der Waals surface area contributed by atoms with Gasteiger partial charge in [-0.05, 0) is 30.7 Å². The number of hydrogen-bond acceptors (Lipinski definition) is 5. The van der Waals surface area contributed by atoms with Crippen LogP contribution in [0.3, 0.4) is 0 Å². The first-order chi connectivity index (χ1) is 15.7. The minimum Gasteiger partial charge on any atom is -0.340 e. The minimum atomic E-state index is -4.45. The van der Waals surface area contributed by atoms with Crippen molar-refractivity contribution >= 4 is 28.6 Å². The van der Waals surface area contributed by atoms with Crippen molar-refractivity contribution in [1.82, 2.24) is 9.55 Å². The summed E-state index contributed by atoms with van der Waals surface area (Å²) in [5.41, 5.74) is 5.48. The highest BCUT2D eigenvalue weighted by Gasteiger charge is 2.30. The number of nitrogens with one attached hydrogen (secondary N) is 1. The van der Waals surface area contributed by atoms with Crippen LogP contribution in [0.2, 0.25) is 0 Å². The number of benzene rings is 2. The number of rotatable bonds is 6. The Hall–Kier alpha value is -4.21. The normalized spacial score (nSPS) is 11.9. The van der Waals surface area contributed by atoms with Crippen LogP contribution < -0.4 is 5.43 Å². The second kappa shape index (κ2) is 8.73. The Balaban J connectivity index is 1.59. The average molecular weight is 453 g/mol. The number of nitro benzene ring substituents is 1. The standard InChI is InChI=1S/C23H18F3N5O2/c1-15-20(13-28-29-22-11-8-17(12-27-22)23(24,25)26)19-4-2-3-5-21(19)30(15)14-16-6-9-18(10-7-16)31(32)33/h2-13H,14H2,1H3,(H,27,29)/b28-13-. The van der Waals surface area contributed by atoms with Crippen LogP contribution >= 0.6 is 0 Å². The molecular formula is C23H18F3N5O2. The van der Waals surface area contributed by atoms with Crippen LogP contribution in [0.15, 0.2) is 72.0 Å². The summed E-state index contributed by atoms with van der Waals surface area (Å²) in [4.78, 5) is 14.2. The molecule has 33 heavy (non-hydrogen) atoms. The molecule has 0 saturated carbocycles. The Labute approximate surface area is 186 Å². The lowest BCUT2D eigenvalue weighted by Crippen LogP contribution is -2.05. The number of alkyl halides is 3. The van der Waals surface area contributed by atoms with Gasteiger partial charge in [0.25, 0.3) is 5.69 Å². The molecule has 2 aromatic carbocycles. The zero-order valence-electron chi connectivity index (χ0n) is 17.4. The number of nitro groups is 1. The van der Waals surface area contributed by atoms with Gasteiger partial charge in [0, 0.05) is 47.0 Å². The van der Waals surface area contributed by atoms with Gasteiger partial charge in [-0.2, -0.15) is 18.3 Å². The van der Waals surface area contributed by atoms with E-state index < -0.39 is 16.7 Å². The predicted molar refractivity (Wildman–Crippen MR) is 119 cm³/mol. The number of fused-ring (bicyclic) bond motifs is 1. The predicted octanol–water partition coefficient (Wildman–Crippen LogP) is 5.77. The Morgan fingerprint density at radius 3 is 2.48 bits per heavy atom. The first-order valence-corrected chi connectivity index (χ1v) is 9.87. The summed E-state index contributed by atoms with van der Waals surface area (Å²) in [6, 6.07) is 16.3. The van der Waals surface area contributed by atoms with Crippen molar-refractivity contribution in [2.75, 3.05) is 5.43 Å². The summed E-state index contributed by atoms with van der Waals surface area (Å²) < 4.78 is 40.1. The molecule has 2 aromatic heterocycles. The van der Waals surface area contributed by atoms with Gasteiger partial charge >= 0.3 is 6.18 Å². The third kappa shape index (κ3) is 4.69. The van der Waals surface area contributed by atoms with Gasteiger partial charge in [-0.25, -0.2) is 4.98 Å². The molecule has 7 nitrogen and oxygen atoms in total. The molecule has 0 spiro atoms. The highest BCUT2D eigenvalue weighted by molar-refractivity contribution is 6.01. The van der Waals surface area contributed by atoms with E-state index in [1.54, 1.807) is 18.3 Å². The lowest BCUT2D eigenvalue weighted by atomic mass is 10.1. The van der Waals surface area contributed by atoms with Crippen LogP contribution in [0.5, 0.6) is 0 Å². The van der Waals surface area contributed by atoms with Gasteiger partial charge in [0.1, 0.15) is 5.82 Å². The van der Waals surface area contributed by atoms with E-state index in [0.717, 1.165) is 40.0 Å². The minimum absolute atomic E-state index is 0.0311. The van der Waals surface area contributed by atoms with Crippen molar-refractivity contribution in [2.24, 2.45) is 5.10 Å². The summed E-state index contributed by atoms with van der Waals surface area (Å²) in [5, 5.41) is 16.0. The number of nitrogens with zero attached hydrogens (tertiary/aromatic N) is 4. The molecule has 0 amide bonds. The van der Waals surface area contributed by atoms with Gasteiger partial charge < -0.3 is 4.57 Å². The zero-order valence-corrected chi connectivity index (χ0v) is 17.4. The second-order valence-electron chi connectivity index (χ2n) is 7.33. The van der Waals surface area contributed by atoms with Crippen LogP contribution in [-0.2, 0) is 12.7 Å². The van der Waals surface area contributed by atoms with Crippen molar-refractivity contribution in [1.29, 1.82) is 0 Å². The molecule has 0 saturated heterocycles. The van der Waals surface area contributed by atoms with Crippen LogP contribution in [-0.4, -0.2) is 20.7 Å². The van der Waals surface area contributed by atoms with E-state index in [1.807, 2.05) is 31.2 Å². The lowest BCUT2D eigenvalue weighted by molar-refractivity contribution is -0.384. The molecular weight excluding hydrogens is 435 g/mol.